The third-order valence-electron chi connectivity index (χ3n) is 1.23. The number of alkyl halides is 3. The van der Waals surface area contributed by atoms with E-state index in [1.54, 1.807) is 6.92 Å². The highest BCUT2D eigenvalue weighted by Crippen LogP contribution is 2.28. The second-order valence-electron chi connectivity index (χ2n) is 2.21. The zero-order valence-electron chi connectivity index (χ0n) is 6.80. The Morgan fingerprint density at radius 2 is 2.15 bits per heavy atom. The van der Waals surface area contributed by atoms with Gasteiger partial charge < -0.3 is 4.74 Å². The van der Waals surface area contributed by atoms with Crippen molar-refractivity contribution < 1.29 is 17.9 Å². The molecule has 1 aromatic rings. The quantitative estimate of drug-likeness (QED) is 0.717. The van der Waals surface area contributed by atoms with Crippen LogP contribution in [0.3, 0.4) is 0 Å². The molecule has 1 aromatic heterocycles. The Labute approximate surface area is 72.5 Å². The van der Waals surface area contributed by atoms with Gasteiger partial charge in [-0.1, -0.05) is 0 Å². The van der Waals surface area contributed by atoms with Crippen molar-refractivity contribution in [1.29, 1.82) is 0 Å². The SMILES string of the molecule is CCOc1cnnc(C(F)(F)F)c1. The average Bonchev–Trinajstić information content (AvgIpc) is 2.04. The van der Waals surface area contributed by atoms with E-state index in [1.807, 2.05) is 0 Å². The Morgan fingerprint density at radius 3 is 2.69 bits per heavy atom. The maximum Gasteiger partial charge on any atom is 0.435 e. The van der Waals surface area contributed by atoms with Crippen molar-refractivity contribution in [3.05, 3.63) is 18.0 Å². The molecule has 3 nitrogen and oxygen atoms in total. The molecule has 0 radical (unpaired) electrons. The second kappa shape index (κ2) is 3.59. The van der Waals surface area contributed by atoms with E-state index in [4.69, 9.17) is 4.74 Å². The number of halogens is 3. The van der Waals surface area contributed by atoms with Crippen molar-refractivity contribution in [1.82, 2.24) is 10.2 Å². The van der Waals surface area contributed by atoms with Gasteiger partial charge in [0.1, 0.15) is 5.75 Å². The summed E-state index contributed by atoms with van der Waals surface area (Å²) in [6, 6.07) is 0.816. The van der Waals surface area contributed by atoms with E-state index in [0.29, 0.717) is 6.61 Å². The Kier molecular flexibility index (Phi) is 2.69. The van der Waals surface area contributed by atoms with Gasteiger partial charge in [-0.05, 0) is 6.92 Å². The molecule has 0 unspecified atom stereocenters. The summed E-state index contributed by atoms with van der Waals surface area (Å²) in [5.41, 5.74) is -1.04. The second-order valence-corrected chi connectivity index (χ2v) is 2.21. The van der Waals surface area contributed by atoms with Crippen LogP contribution < -0.4 is 4.74 Å². The zero-order chi connectivity index (χ0) is 9.90. The fraction of sp³-hybridized carbons (Fsp3) is 0.429. The van der Waals surface area contributed by atoms with Gasteiger partial charge in [-0.25, -0.2) is 0 Å². The first-order valence-electron chi connectivity index (χ1n) is 3.56. The van der Waals surface area contributed by atoms with Crippen LogP contribution in [-0.2, 0) is 6.18 Å². The summed E-state index contributed by atoms with van der Waals surface area (Å²) in [5, 5.41) is 6.11. The highest BCUT2D eigenvalue weighted by molar-refractivity contribution is 5.20. The first-order valence-corrected chi connectivity index (χ1v) is 3.56. The van der Waals surface area contributed by atoms with Crippen LogP contribution >= 0.6 is 0 Å². The van der Waals surface area contributed by atoms with Crippen LogP contribution in [0, 0.1) is 0 Å². The standard InChI is InChI=1S/C7H7F3N2O/c1-2-13-5-3-6(7(8,9)10)12-11-4-5/h3-4H,2H2,1H3. The van der Waals surface area contributed by atoms with E-state index in [-0.39, 0.29) is 5.75 Å². The molecule has 13 heavy (non-hydrogen) atoms. The maximum atomic E-state index is 12.1. The summed E-state index contributed by atoms with van der Waals surface area (Å²) in [7, 11) is 0. The molecule has 0 amide bonds. The summed E-state index contributed by atoms with van der Waals surface area (Å²) in [5.74, 6) is 0.0739. The lowest BCUT2D eigenvalue weighted by molar-refractivity contribution is -0.141. The normalized spacial score (nSPS) is 11.4. The lowest BCUT2D eigenvalue weighted by Crippen LogP contribution is -2.09. The third-order valence-corrected chi connectivity index (χ3v) is 1.23. The van der Waals surface area contributed by atoms with Crippen LogP contribution in [0.5, 0.6) is 5.75 Å². The fourth-order valence-corrected chi connectivity index (χ4v) is 0.733. The van der Waals surface area contributed by atoms with Gasteiger partial charge >= 0.3 is 6.18 Å². The van der Waals surface area contributed by atoms with Crippen molar-refractivity contribution in [2.75, 3.05) is 6.61 Å². The molecule has 0 N–H and O–H groups in total. The number of ether oxygens (including phenoxy) is 1. The van der Waals surface area contributed by atoms with E-state index in [0.717, 1.165) is 12.3 Å². The molecule has 0 aliphatic rings. The highest BCUT2D eigenvalue weighted by atomic mass is 19.4. The van der Waals surface area contributed by atoms with Crippen LogP contribution in [0.25, 0.3) is 0 Å². The summed E-state index contributed by atoms with van der Waals surface area (Å²) >= 11 is 0. The lowest BCUT2D eigenvalue weighted by Gasteiger charge is -2.06. The minimum absolute atomic E-state index is 0.0739. The summed E-state index contributed by atoms with van der Waals surface area (Å²) in [6.07, 6.45) is -3.33. The molecule has 0 aromatic carbocycles. The first kappa shape index (κ1) is 9.76. The third kappa shape index (κ3) is 2.57. The topological polar surface area (TPSA) is 35.0 Å². The number of hydrogen-bond acceptors (Lipinski definition) is 3. The highest BCUT2D eigenvalue weighted by Gasteiger charge is 2.33. The predicted octanol–water partition coefficient (Wildman–Crippen LogP) is 1.89. The molecule has 0 aliphatic heterocycles. The number of aromatic nitrogens is 2. The summed E-state index contributed by atoms with van der Waals surface area (Å²) in [6.45, 7) is 1.97. The molecular formula is C7H7F3N2O. The number of hydrogen-bond donors (Lipinski definition) is 0. The van der Waals surface area contributed by atoms with E-state index in [1.165, 1.54) is 0 Å². The minimum atomic E-state index is -4.47. The average molecular weight is 192 g/mol. The van der Waals surface area contributed by atoms with Gasteiger partial charge in [-0.2, -0.15) is 18.3 Å². The van der Waals surface area contributed by atoms with Crippen LogP contribution in [0.4, 0.5) is 13.2 Å². The molecule has 6 heteroatoms. The predicted molar refractivity (Wildman–Crippen MR) is 38.2 cm³/mol. The molecule has 1 rings (SSSR count). The number of rotatable bonds is 2. The minimum Gasteiger partial charge on any atom is -0.492 e. The van der Waals surface area contributed by atoms with Gasteiger partial charge in [-0.3, -0.25) is 0 Å². The van der Waals surface area contributed by atoms with Crippen molar-refractivity contribution in [3.63, 3.8) is 0 Å². The van der Waals surface area contributed by atoms with Gasteiger partial charge in [0.05, 0.1) is 12.8 Å². The molecule has 1 heterocycles. The van der Waals surface area contributed by atoms with Crippen molar-refractivity contribution in [3.8, 4) is 5.75 Å². The van der Waals surface area contributed by atoms with Gasteiger partial charge in [0, 0.05) is 6.07 Å². The van der Waals surface area contributed by atoms with E-state index < -0.39 is 11.9 Å². The maximum absolute atomic E-state index is 12.1. The van der Waals surface area contributed by atoms with Crippen molar-refractivity contribution >= 4 is 0 Å². The van der Waals surface area contributed by atoms with E-state index in [2.05, 4.69) is 10.2 Å². The molecule has 0 saturated carbocycles. The summed E-state index contributed by atoms with van der Waals surface area (Å²) in [4.78, 5) is 0. The Balaban J connectivity index is 2.92. The zero-order valence-corrected chi connectivity index (χ0v) is 6.80. The smallest absolute Gasteiger partial charge is 0.435 e. The molecule has 0 aliphatic carbocycles. The first-order chi connectivity index (χ1) is 6.04. The fourth-order valence-electron chi connectivity index (χ4n) is 0.733. The lowest BCUT2D eigenvalue weighted by atomic mass is 10.4. The largest absolute Gasteiger partial charge is 0.492 e. The van der Waals surface area contributed by atoms with Crippen LogP contribution in [0.1, 0.15) is 12.6 Å². The molecule has 0 atom stereocenters. The molecular weight excluding hydrogens is 185 g/mol. The Morgan fingerprint density at radius 1 is 1.46 bits per heavy atom. The van der Waals surface area contributed by atoms with E-state index >= 15 is 0 Å². The van der Waals surface area contributed by atoms with Crippen molar-refractivity contribution in [2.45, 2.75) is 13.1 Å². The molecule has 0 saturated heterocycles. The van der Waals surface area contributed by atoms with Crippen LogP contribution in [-0.4, -0.2) is 16.8 Å². The van der Waals surface area contributed by atoms with Gasteiger partial charge in [-0.15, -0.1) is 5.10 Å². The van der Waals surface area contributed by atoms with Crippen LogP contribution in [0.15, 0.2) is 12.3 Å². The van der Waals surface area contributed by atoms with Gasteiger partial charge in [0.2, 0.25) is 0 Å². The monoisotopic (exact) mass is 192 g/mol. The van der Waals surface area contributed by atoms with Gasteiger partial charge in [0.15, 0.2) is 5.69 Å². The molecule has 0 spiro atoms. The Bertz CT molecular complexity index is 287. The van der Waals surface area contributed by atoms with Gasteiger partial charge in [0.25, 0.3) is 0 Å². The molecule has 72 valence electrons. The van der Waals surface area contributed by atoms with Crippen molar-refractivity contribution in [2.24, 2.45) is 0 Å². The molecule has 0 fully saturated rings. The number of nitrogens with zero attached hydrogens (tertiary/aromatic N) is 2. The van der Waals surface area contributed by atoms with E-state index in [9.17, 15) is 13.2 Å². The Hall–Kier alpha value is -1.33. The summed E-state index contributed by atoms with van der Waals surface area (Å²) < 4.78 is 41.0. The molecule has 0 bridgehead atoms. The van der Waals surface area contributed by atoms with Crippen LogP contribution in [0.2, 0.25) is 0 Å².